The summed E-state index contributed by atoms with van der Waals surface area (Å²) in [7, 11) is 1.66. The van der Waals surface area contributed by atoms with E-state index in [2.05, 4.69) is 39.4 Å². The number of hydrazine groups is 1. The Bertz CT molecular complexity index is 2120. The number of nitrogens with zero attached hydrogens (tertiary/aromatic N) is 4. The zero-order valence-electron chi connectivity index (χ0n) is 32.4. The third kappa shape index (κ3) is 7.99. The molecule has 2 amide bonds. The van der Waals surface area contributed by atoms with Crippen molar-refractivity contribution in [3.05, 3.63) is 76.5 Å². The number of phenolic OH excluding ortho intramolecular Hbond substituents is 1. The molecule has 12 nitrogen and oxygen atoms in total. The van der Waals surface area contributed by atoms with Gasteiger partial charge in [0.05, 0.1) is 17.2 Å². The molecule has 1 saturated carbocycles. The average Bonchev–Trinajstić information content (AvgIpc) is 3.79. The van der Waals surface area contributed by atoms with Crippen molar-refractivity contribution in [1.29, 1.82) is 0 Å². The molecule has 7 rings (SSSR count). The summed E-state index contributed by atoms with van der Waals surface area (Å²) in [4.78, 5) is 52.4. The zero-order chi connectivity index (χ0) is 39.7. The highest BCUT2D eigenvalue weighted by atomic mass is 19.3. The first-order valence-corrected chi connectivity index (χ1v) is 19.5. The number of phenols is 1. The number of nitrogens with one attached hydrogen (secondary N) is 2. The molecule has 4 heterocycles. The highest BCUT2D eigenvalue weighted by Crippen LogP contribution is 2.42. The van der Waals surface area contributed by atoms with E-state index in [4.69, 9.17) is 9.57 Å². The van der Waals surface area contributed by atoms with Crippen LogP contribution in [0.1, 0.15) is 69.6 Å². The van der Waals surface area contributed by atoms with Crippen molar-refractivity contribution in [3.63, 3.8) is 0 Å². The monoisotopic (exact) mass is 773 g/mol. The van der Waals surface area contributed by atoms with Crippen LogP contribution in [0.2, 0.25) is 0 Å². The molecule has 1 saturated heterocycles. The number of ether oxygens (including phenoxy) is 1. The van der Waals surface area contributed by atoms with E-state index in [1.165, 1.54) is 5.01 Å². The van der Waals surface area contributed by atoms with Crippen LogP contribution in [-0.4, -0.2) is 75.3 Å². The number of fused-ring (bicyclic) bond motifs is 6. The van der Waals surface area contributed by atoms with Crippen LogP contribution >= 0.6 is 0 Å². The Morgan fingerprint density at radius 2 is 1.96 bits per heavy atom. The van der Waals surface area contributed by atoms with E-state index in [0.29, 0.717) is 61.3 Å². The number of aromatic hydroxyl groups is 1. The van der Waals surface area contributed by atoms with Crippen molar-refractivity contribution in [3.8, 4) is 28.1 Å². The van der Waals surface area contributed by atoms with Crippen LogP contribution in [0.5, 0.6) is 5.75 Å². The van der Waals surface area contributed by atoms with Gasteiger partial charge in [-0.2, -0.15) is 5.43 Å². The summed E-state index contributed by atoms with van der Waals surface area (Å²) < 4.78 is 35.7. The molecule has 3 aliphatic rings. The summed E-state index contributed by atoms with van der Waals surface area (Å²) in [5, 5.41) is 16.2. The van der Waals surface area contributed by atoms with Gasteiger partial charge in [0.15, 0.2) is 6.61 Å². The fraction of sp³-hybridized carbons (Fsp3) is 0.500. The normalized spacial score (nSPS) is 22.9. The molecular weight excluding hydrogens is 722 g/mol. The lowest BCUT2D eigenvalue weighted by Gasteiger charge is -2.33. The molecular formula is C42H51F2N6O6+. The van der Waals surface area contributed by atoms with E-state index in [0.717, 1.165) is 38.9 Å². The topological polar surface area (TPSA) is 138 Å². The predicted molar refractivity (Wildman–Crippen MR) is 206 cm³/mol. The number of methoxy groups -OCH3 is 1. The maximum absolute atomic E-state index is 14.3. The van der Waals surface area contributed by atoms with Crippen LogP contribution in [-0.2, 0) is 45.2 Å². The van der Waals surface area contributed by atoms with Crippen molar-refractivity contribution in [2.45, 2.75) is 97.5 Å². The molecule has 298 valence electrons. The molecule has 4 atom stereocenters. The minimum absolute atomic E-state index is 0.0267. The van der Waals surface area contributed by atoms with Gasteiger partial charge in [0.2, 0.25) is 17.3 Å². The molecule has 2 aliphatic heterocycles. The molecule has 0 spiro atoms. The van der Waals surface area contributed by atoms with Gasteiger partial charge >= 0.3 is 6.17 Å². The number of hydrogen-bond acceptors (Lipinski definition) is 8. The maximum Gasteiger partial charge on any atom is 0.326 e. The zero-order valence-corrected chi connectivity index (χ0v) is 32.4. The Balaban J connectivity index is 1.36. The number of carbonyl (C=O) groups excluding carboxylic acids is 2. The number of carbonyl (C=O) groups is 2. The average molecular weight is 774 g/mol. The number of pyridine rings is 1. The number of hydrogen-bond donors (Lipinski definition) is 3. The second-order valence-corrected chi connectivity index (χ2v) is 16.1. The minimum Gasteiger partial charge on any atom is -0.508 e. The fourth-order valence-corrected chi connectivity index (χ4v) is 8.75. The first-order valence-electron chi connectivity index (χ1n) is 19.5. The quantitative estimate of drug-likeness (QED) is 0.189. The second kappa shape index (κ2) is 16.3. The maximum atomic E-state index is 14.3. The van der Waals surface area contributed by atoms with Gasteiger partial charge in [0.25, 0.3) is 5.91 Å². The lowest BCUT2D eigenvalue weighted by atomic mass is 9.84. The third-order valence-corrected chi connectivity index (χ3v) is 11.5. The van der Waals surface area contributed by atoms with Gasteiger partial charge in [0, 0.05) is 79.2 Å². The molecule has 3 N–H and O–H groups in total. The Hall–Kier alpha value is -4.95. The van der Waals surface area contributed by atoms with Crippen molar-refractivity contribution < 1.29 is 38.0 Å². The van der Waals surface area contributed by atoms with E-state index in [-0.39, 0.29) is 31.7 Å². The summed E-state index contributed by atoms with van der Waals surface area (Å²) in [6.45, 7) is 7.57. The minimum atomic E-state index is -2.65. The standard InChI is InChI=1S/C42H50F2N6O6/c1-5-48-36-12-11-26-20-32(36)33(38(48)34-22-45-14-13-27(34)23-55-4)21-42(2,3)24-56-50(54)37-10-7-15-49(47-37)41(53)35(18-25-16-28(26)19-29(51)17-25)46-40(52)31-9-6-8-30(31)39(43)44/h11-14,16-17,19-20,22,30-31,35,37,39,47H,5-10,15,18,21,23-24H2,1-4H3,(H-,46,51,52)/p+1/t30?,31?,35?,37-/m1/s1. The molecule has 1 aliphatic carbocycles. The molecule has 14 heteroatoms. The number of amides is 2. The number of alkyl halides is 2. The van der Waals surface area contributed by atoms with Gasteiger partial charge in [-0.1, -0.05) is 32.4 Å². The molecule has 6 bridgehead atoms. The highest BCUT2D eigenvalue weighted by Gasteiger charge is 2.42. The van der Waals surface area contributed by atoms with Crippen LogP contribution in [0, 0.1) is 22.2 Å². The van der Waals surface area contributed by atoms with Crippen molar-refractivity contribution >= 4 is 22.7 Å². The van der Waals surface area contributed by atoms with Gasteiger partial charge in [-0.15, -0.1) is 0 Å². The van der Waals surface area contributed by atoms with Gasteiger partial charge in [-0.05, 0) is 90.8 Å². The molecule has 56 heavy (non-hydrogen) atoms. The summed E-state index contributed by atoms with van der Waals surface area (Å²) in [5.74, 6) is -3.16. The number of aromatic nitrogens is 2. The van der Waals surface area contributed by atoms with Crippen LogP contribution in [0.15, 0.2) is 54.9 Å². The van der Waals surface area contributed by atoms with E-state index < -0.39 is 47.7 Å². The number of aryl methyl sites for hydroxylation is 1. The summed E-state index contributed by atoms with van der Waals surface area (Å²) in [5.41, 5.74) is 9.51. The predicted octanol–water partition coefficient (Wildman–Crippen LogP) is 6.70. The lowest BCUT2D eigenvalue weighted by molar-refractivity contribution is -0.835. The molecule has 2 aromatic heterocycles. The SMILES string of the molecule is CCn1c(-c2cnccc2COC)c2c3cc(ccc31)-c1cc(O)cc(c1)CC(NC(=O)C1CCCC1C(F)F)C(=O)N1CCC[C@H](N1)[N+](=O)OCC(C)(C)C2. The number of halogens is 2. The lowest BCUT2D eigenvalue weighted by Crippen LogP contribution is -2.61. The Morgan fingerprint density at radius 1 is 1.14 bits per heavy atom. The molecule has 2 aromatic carbocycles. The summed E-state index contributed by atoms with van der Waals surface area (Å²) in [6.07, 6.45) is 2.50. The van der Waals surface area contributed by atoms with E-state index >= 15 is 0 Å². The van der Waals surface area contributed by atoms with E-state index in [1.807, 2.05) is 38.2 Å². The van der Waals surface area contributed by atoms with Gasteiger partial charge in [-0.25, -0.2) is 13.6 Å². The van der Waals surface area contributed by atoms with E-state index in [9.17, 15) is 28.4 Å². The Kier molecular flexibility index (Phi) is 11.4. The largest absolute Gasteiger partial charge is 0.508 e. The molecule has 4 aromatic rings. The first-order chi connectivity index (χ1) is 26.9. The van der Waals surface area contributed by atoms with Crippen LogP contribution < -0.4 is 10.7 Å². The smallest absolute Gasteiger partial charge is 0.326 e. The summed E-state index contributed by atoms with van der Waals surface area (Å²) in [6, 6.07) is 12.0. The van der Waals surface area contributed by atoms with Crippen molar-refractivity contribution in [2.24, 2.45) is 17.3 Å². The highest BCUT2D eigenvalue weighted by molar-refractivity contribution is 5.95. The van der Waals surface area contributed by atoms with Crippen LogP contribution in [0.25, 0.3) is 33.3 Å². The van der Waals surface area contributed by atoms with Gasteiger partial charge in [-0.3, -0.25) is 19.6 Å². The van der Waals surface area contributed by atoms with Crippen molar-refractivity contribution in [2.75, 3.05) is 20.3 Å². The van der Waals surface area contributed by atoms with Crippen LogP contribution in [0.3, 0.4) is 0 Å². The fourth-order valence-electron chi connectivity index (χ4n) is 8.75. The Morgan fingerprint density at radius 3 is 2.73 bits per heavy atom. The summed E-state index contributed by atoms with van der Waals surface area (Å²) >= 11 is 0. The van der Waals surface area contributed by atoms with Crippen LogP contribution in [0.4, 0.5) is 8.78 Å². The van der Waals surface area contributed by atoms with E-state index in [1.54, 1.807) is 25.4 Å². The Labute approximate surface area is 325 Å². The second-order valence-electron chi connectivity index (χ2n) is 16.1. The number of rotatable bonds is 7. The molecule has 2 fully saturated rings. The third-order valence-electron chi connectivity index (χ3n) is 11.5. The number of benzene rings is 2. The molecule has 3 unspecified atom stereocenters. The first kappa shape index (κ1) is 39.3. The van der Waals surface area contributed by atoms with Gasteiger partial charge < -0.3 is 19.7 Å². The molecule has 0 radical (unpaired) electrons. The van der Waals surface area contributed by atoms with Gasteiger partial charge in [0.1, 0.15) is 11.8 Å². The van der Waals surface area contributed by atoms with Crippen molar-refractivity contribution in [1.82, 2.24) is 25.3 Å².